The second kappa shape index (κ2) is 5.02. The van der Waals surface area contributed by atoms with Crippen LogP contribution in [0.15, 0.2) is 12.1 Å². The maximum Gasteiger partial charge on any atom is 0.147 e. The van der Waals surface area contributed by atoms with E-state index in [1.165, 1.54) is 0 Å². The van der Waals surface area contributed by atoms with Crippen molar-refractivity contribution in [3.8, 4) is 5.75 Å². The van der Waals surface area contributed by atoms with Gasteiger partial charge in [-0.15, -0.1) is 0 Å². The van der Waals surface area contributed by atoms with Crippen LogP contribution in [0.1, 0.15) is 18.1 Å². The van der Waals surface area contributed by atoms with Gasteiger partial charge in [-0.1, -0.05) is 11.6 Å². The molecule has 0 saturated carbocycles. The molecule has 20 heavy (non-hydrogen) atoms. The molecule has 2 aliphatic rings. The zero-order valence-electron chi connectivity index (χ0n) is 11.4. The smallest absolute Gasteiger partial charge is 0.147 e. The molecule has 2 unspecified atom stereocenters. The Kier molecular flexibility index (Phi) is 3.48. The zero-order chi connectivity index (χ0) is 14.3. The minimum atomic E-state index is -0.617. The third-order valence-corrected chi connectivity index (χ3v) is 4.55. The molecule has 0 radical (unpaired) electrons. The lowest BCUT2D eigenvalue weighted by atomic mass is 9.79. The van der Waals surface area contributed by atoms with Crippen LogP contribution < -0.4 is 10.5 Å². The first-order valence-electron chi connectivity index (χ1n) is 6.81. The van der Waals surface area contributed by atoms with E-state index in [0.717, 1.165) is 23.3 Å². The second-order valence-electron chi connectivity index (χ2n) is 5.79. The molecule has 2 N–H and O–H groups in total. The van der Waals surface area contributed by atoms with Gasteiger partial charge in [0.05, 0.1) is 25.2 Å². The number of hydrogen-bond donors (Lipinski definition) is 1. The van der Waals surface area contributed by atoms with E-state index in [4.69, 9.17) is 26.8 Å². The SMILES string of the molecule is CC1(C(=O)Cc2cc(Cl)cc3c2OCC3)COCC1N. The Balaban J connectivity index is 1.87. The number of benzene rings is 1. The highest BCUT2D eigenvalue weighted by molar-refractivity contribution is 6.30. The van der Waals surface area contributed by atoms with E-state index >= 15 is 0 Å². The summed E-state index contributed by atoms with van der Waals surface area (Å²) in [5.74, 6) is 0.904. The van der Waals surface area contributed by atoms with Crippen molar-refractivity contribution in [3.63, 3.8) is 0 Å². The average Bonchev–Trinajstić information content (AvgIpc) is 2.98. The van der Waals surface area contributed by atoms with Gasteiger partial charge >= 0.3 is 0 Å². The first kappa shape index (κ1) is 13.9. The normalized spacial score (nSPS) is 28.2. The molecule has 3 rings (SSSR count). The lowest BCUT2D eigenvalue weighted by Crippen LogP contribution is -2.45. The number of hydrogen-bond acceptors (Lipinski definition) is 4. The third-order valence-electron chi connectivity index (χ3n) is 4.33. The molecule has 0 bridgehead atoms. The molecule has 1 aromatic carbocycles. The van der Waals surface area contributed by atoms with Crippen LogP contribution in [0.25, 0.3) is 0 Å². The minimum absolute atomic E-state index is 0.0856. The van der Waals surface area contributed by atoms with Gasteiger partial charge in [0, 0.05) is 29.5 Å². The topological polar surface area (TPSA) is 61.5 Å². The third kappa shape index (κ3) is 2.22. The Hall–Kier alpha value is -1.10. The van der Waals surface area contributed by atoms with Crippen molar-refractivity contribution in [1.29, 1.82) is 0 Å². The molecular formula is C15H18ClNO3. The minimum Gasteiger partial charge on any atom is -0.493 e. The average molecular weight is 296 g/mol. The van der Waals surface area contributed by atoms with E-state index in [0.29, 0.717) is 24.8 Å². The van der Waals surface area contributed by atoms with Crippen molar-refractivity contribution in [1.82, 2.24) is 0 Å². The fourth-order valence-corrected chi connectivity index (χ4v) is 3.09. The van der Waals surface area contributed by atoms with Crippen molar-refractivity contribution in [3.05, 3.63) is 28.3 Å². The Bertz CT molecular complexity index is 560. The summed E-state index contributed by atoms with van der Waals surface area (Å²) in [5, 5.41) is 0.647. The molecule has 0 spiro atoms. The number of fused-ring (bicyclic) bond motifs is 1. The molecule has 1 aromatic rings. The Morgan fingerprint density at radius 1 is 1.55 bits per heavy atom. The molecule has 2 atom stereocenters. The summed E-state index contributed by atoms with van der Waals surface area (Å²) in [6, 6.07) is 3.47. The van der Waals surface area contributed by atoms with Crippen LogP contribution in [0.4, 0.5) is 0 Å². The lowest BCUT2D eigenvalue weighted by Gasteiger charge is -2.25. The summed E-state index contributed by atoms with van der Waals surface area (Å²) < 4.78 is 11.0. The highest BCUT2D eigenvalue weighted by atomic mass is 35.5. The van der Waals surface area contributed by atoms with E-state index in [1.807, 2.05) is 19.1 Å². The first-order chi connectivity index (χ1) is 9.50. The van der Waals surface area contributed by atoms with Crippen LogP contribution in [-0.2, 0) is 22.4 Å². The first-order valence-corrected chi connectivity index (χ1v) is 7.19. The number of Topliss-reactive ketones (excluding diaryl/α,β-unsaturated/α-hetero) is 1. The number of ketones is 1. The van der Waals surface area contributed by atoms with Crippen LogP contribution in [0, 0.1) is 5.41 Å². The molecule has 1 saturated heterocycles. The molecule has 1 fully saturated rings. The molecule has 2 heterocycles. The monoisotopic (exact) mass is 295 g/mol. The predicted octanol–water partition coefficient (Wildman–Crippen LogP) is 1.75. The largest absolute Gasteiger partial charge is 0.493 e. The quantitative estimate of drug-likeness (QED) is 0.923. The predicted molar refractivity (Wildman–Crippen MR) is 76.3 cm³/mol. The van der Waals surface area contributed by atoms with E-state index in [2.05, 4.69) is 0 Å². The summed E-state index contributed by atoms with van der Waals surface area (Å²) in [6.45, 7) is 3.35. The van der Waals surface area contributed by atoms with E-state index in [9.17, 15) is 4.79 Å². The molecular weight excluding hydrogens is 278 g/mol. The van der Waals surface area contributed by atoms with E-state index < -0.39 is 5.41 Å². The highest BCUT2D eigenvalue weighted by Gasteiger charge is 2.44. The molecule has 5 heteroatoms. The number of ether oxygens (including phenoxy) is 2. The molecule has 4 nitrogen and oxygen atoms in total. The van der Waals surface area contributed by atoms with Crippen LogP contribution in [0.3, 0.4) is 0 Å². The van der Waals surface area contributed by atoms with Crippen LogP contribution in [0.2, 0.25) is 5.02 Å². The summed E-state index contributed by atoms with van der Waals surface area (Å²) in [7, 11) is 0. The van der Waals surface area contributed by atoms with Crippen molar-refractivity contribution in [2.45, 2.75) is 25.8 Å². The maximum absolute atomic E-state index is 12.6. The van der Waals surface area contributed by atoms with Gasteiger partial charge in [0.25, 0.3) is 0 Å². The lowest BCUT2D eigenvalue weighted by molar-refractivity contribution is -0.127. The van der Waals surface area contributed by atoms with Gasteiger partial charge in [0.2, 0.25) is 0 Å². The number of carbonyl (C=O) groups is 1. The molecule has 108 valence electrons. The number of carbonyl (C=O) groups excluding carboxylic acids is 1. The van der Waals surface area contributed by atoms with Gasteiger partial charge in [0.15, 0.2) is 0 Å². The van der Waals surface area contributed by atoms with Crippen LogP contribution in [-0.4, -0.2) is 31.6 Å². The van der Waals surface area contributed by atoms with Crippen molar-refractivity contribution in [2.75, 3.05) is 19.8 Å². The standard InChI is InChI=1S/C15H18ClNO3/c1-15(8-19-7-12(15)17)13(18)6-10-5-11(16)4-9-2-3-20-14(9)10/h4-5,12H,2-3,6-8,17H2,1H3. The van der Waals surface area contributed by atoms with E-state index in [-0.39, 0.29) is 18.2 Å². The fraction of sp³-hybridized carbons (Fsp3) is 0.533. The van der Waals surface area contributed by atoms with Gasteiger partial charge in [-0.25, -0.2) is 0 Å². The van der Waals surface area contributed by atoms with Gasteiger partial charge in [0.1, 0.15) is 11.5 Å². The van der Waals surface area contributed by atoms with Gasteiger partial charge in [-0.3, -0.25) is 4.79 Å². The Labute approximate surface area is 123 Å². The second-order valence-corrected chi connectivity index (χ2v) is 6.23. The molecule has 0 aromatic heterocycles. The van der Waals surface area contributed by atoms with Crippen molar-refractivity contribution in [2.24, 2.45) is 11.1 Å². The molecule has 0 aliphatic carbocycles. The molecule has 2 aliphatic heterocycles. The summed E-state index contributed by atoms with van der Waals surface area (Å²) in [6.07, 6.45) is 1.13. The Morgan fingerprint density at radius 3 is 3.05 bits per heavy atom. The van der Waals surface area contributed by atoms with Gasteiger partial charge in [-0.05, 0) is 24.6 Å². The van der Waals surface area contributed by atoms with Gasteiger partial charge in [-0.2, -0.15) is 0 Å². The Morgan fingerprint density at radius 2 is 2.35 bits per heavy atom. The zero-order valence-corrected chi connectivity index (χ0v) is 12.2. The fourth-order valence-electron chi connectivity index (χ4n) is 2.83. The summed E-state index contributed by atoms with van der Waals surface area (Å²) in [5.41, 5.74) is 7.33. The van der Waals surface area contributed by atoms with Crippen LogP contribution >= 0.6 is 11.6 Å². The number of halogens is 1. The maximum atomic E-state index is 12.6. The van der Waals surface area contributed by atoms with Gasteiger partial charge < -0.3 is 15.2 Å². The van der Waals surface area contributed by atoms with Crippen LogP contribution in [0.5, 0.6) is 5.75 Å². The summed E-state index contributed by atoms with van der Waals surface area (Å²) in [4.78, 5) is 12.6. The number of rotatable bonds is 3. The van der Waals surface area contributed by atoms with Crippen molar-refractivity contribution >= 4 is 17.4 Å². The molecule has 0 amide bonds. The summed E-state index contributed by atoms with van der Waals surface area (Å²) >= 11 is 6.12. The van der Waals surface area contributed by atoms with E-state index in [1.54, 1.807) is 0 Å². The van der Waals surface area contributed by atoms with Crippen molar-refractivity contribution < 1.29 is 14.3 Å². The number of nitrogens with two attached hydrogens (primary N) is 1. The highest BCUT2D eigenvalue weighted by Crippen LogP contribution is 2.36.